The van der Waals surface area contributed by atoms with E-state index >= 15 is 0 Å². The van der Waals surface area contributed by atoms with Gasteiger partial charge in [0, 0.05) is 12.1 Å². The lowest BCUT2D eigenvalue weighted by atomic mass is 10.0. The van der Waals surface area contributed by atoms with E-state index in [9.17, 15) is 27.6 Å². The molecule has 0 aliphatic carbocycles. The number of carbonyl (C=O) groups is 2. The predicted molar refractivity (Wildman–Crippen MR) is 75.4 cm³/mol. The molecule has 0 aliphatic rings. The number of Topliss-reactive ketones (excluding diaryl/α,β-unsaturated/α-hetero) is 1. The van der Waals surface area contributed by atoms with E-state index in [2.05, 4.69) is 4.98 Å². The lowest BCUT2D eigenvalue weighted by Gasteiger charge is -2.18. The van der Waals surface area contributed by atoms with Crippen molar-refractivity contribution < 1.29 is 27.9 Å². The van der Waals surface area contributed by atoms with E-state index in [4.69, 9.17) is 5.11 Å². The number of thioether (sulfide) groups is 1. The van der Waals surface area contributed by atoms with Crippen molar-refractivity contribution in [3.8, 4) is 0 Å². The van der Waals surface area contributed by atoms with E-state index in [1.807, 2.05) is 0 Å². The van der Waals surface area contributed by atoms with Gasteiger partial charge in [-0.1, -0.05) is 0 Å². The zero-order chi connectivity index (χ0) is 17.1. The molecule has 0 aliphatic heterocycles. The largest absolute Gasteiger partial charge is 0.481 e. The average Bonchev–Trinajstić information content (AvgIpc) is 2.31. The Kier molecular flexibility index (Phi) is 5.81. The fourth-order valence-electron chi connectivity index (χ4n) is 1.91. The van der Waals surface area contributed by atoms with Crippen molar-refractivity contribution in [3.63, 3.8) is 0 Å². The molecule has 1 unspecified atom stereocenters. The summed E-state index contributed by atoms with van der Waals surface area (Å²) in [4.78, 5) is 36.5. The standard InChI is InChI=1S/C13H14F3NO4S/c1-6-3-7(2)17-12(21)11(6)8(18)4-9(13(14,15)16)22-5-10(19)20/h3,9H,4-5H2,1-2H3,(H,17,21)(H,19,20). The number of nitrogens with one attached hydrogen (secondary N) is 1. The number of aryl methyl sites for hydroxylation is 2. The number of H-pyrrole nitrogens is 1. The summed E-state index contributed by atoms with van der Waals surface area (Å²) in [5, 5.41) is 6.30. The number of ketones is 1. The van der Waals surface area contributed by atoms with Crippen molar-refractivity contribution in [1.82, 2.24) is 4.98 Å². The van der Waals surface area contributed by atoms with Crippen molar-refractivity contribution >= 4 is 23.5 Å². The van der Waals surface area contributed by atoms with Gasteiger partial charge in [0.05, 0.1) is 11.3 Å². The van der Waals surface area contributed by atoms with Crippen LogP contribution >= 0.6 is 11.8 Å². The summed E-state index contributed by atoms with van der Waals surface area (Å²) in [5.74, 6) is -3.14. The third-order valence-corrected chi connectivity index (χ3v) is 4.04. The topological polar surface area (TPSA) is 87.2 Å². The van der Waals surface area contributed by atoms with Crippen molar-refractivity contribution in [1.29, 1.82) is 0 Å². The van der Waals surface area contributed by atoms with Crippen LogP contribution in [0.15, 0.2) is 10.9 Å². The molecule has 2 N–H and O–H groups in total. The number of carboxylic acid groups (broad SMARTS) is 1. The van der Waals surface area contributed by atoms with Crippen molar-refractivity contribution in [2.75, 3.05) is 5.75 Å². The SMILES string of the molecule is Cc1cc(C)c(C(=O)CC(SCC(=O)O)C(F)(F)F)c(=O)[nH]1. The molecule has 1 atom stereocenters. The number of carbonyl (C=O) groups excluding carboxylic acids is 1. The van der Waals surface area contributed by atoms with Crippen LogP contribution in [0.3, 0.4) is 0 Å². The van der Waals surface area contributed by atoms with E-state index < -0.39 is 40.9 Å². The van der Waals surface area contributed by atoms with Crippen LogP contribution in [0.2, 0.25) is 0 Å². The molecule has 0 amide bonds. The summed E-state index contributed by atoms with van der Waals surface area (Å²) in [6.45, 7) is 3.05. The first kappa shape index (κ1) is 18.3. The van der Waals surface area contributed by atoms with Gasteiger partial charge in [0.2, 0.25) is 0 Å². The van der Waals surface area contributed by atoms with E-state index in [-0.39, 0.29) is 22.9 Å². The summed E-state index contributed by atoms with van der Waals surface area (Å²) >= 11 is 0.117. The van der Waals surface area contributed by atoms with Gasteiger partial charge in [0.25, 0.3) is 5.56 Å². The molecule has 1 aromatic heterocycles. The van der Waals surface area contributed by atoms with Gasteiger partial charge in [0.15, 0.2) is 5.78 Å². The third-order valence-electron chi connectivity index (χ3n) is 2.79. The Morgan fingerprint density at radius 2 is 1.95 bits per heavy atom. The minimum Gasteiger partial charge on any atom is -0.481 e. The zero-order valence-electron chi connectivity index (χ0n) is 11.8. The monoisotopic (exact) mass is 337 g/mol. The molecule has 0 fully saturated rings. The maximum absolute atomic E-state index is 12.9. The number of alkyl halides is 3. The van der Waals surface area contributed by atoms with Gasteiger partial charge >= 0.3 is 12.1 Å². The van der Waals surface area contributed by atoms with Crippen molar-refractivity contribution in [3.05, 3.63) is 33.2 Å². The third kappa shape index (κ3) is 4.90. The molecule has 0 saturated heterocycles. The molecule has 0 spiro atoms. The lowest BCUT2D eigenvalue weighted by molar-refractivity contribution is -0.134. The number of pyridine rings is 1. The van der Waals surface area contributed by atoms with Crippen LogP contribution in [0.4, 0.5) is 13.2 Å². The number of hydrogen-bond donors (Lipinski definition) is 2. The quantitative estimate of drug-likeness (QED) is 0.778. The lowest BCUT2D eigenvalue weighted by Crippen LogP contribution is -2.31. The second kappa shape index (κ2) is 6.99. The molecule has 1 heterocycles. The number of aliphatic carboxylic acids is 1. The highest BCUT2D eigenvalue weighted by Crippen LogP contribution is 2.33. The van der Waals surface area contributed by atoms with Gasteiger partial charge in [-0.2, -0.15) is 13.2 Å². The number of aromatic amines is 1. The van der Waals surface area contributed by atoms with Crippen LogP contribution < -0.4 is 5.56 Å². The second-order valence-electron chi connectivity index (χ2n) is 4.70. The molecular formula is C13H14F3NO4S. The number of aromatic nitrogens is 1. The average molecular weight is 337 g/mol. The molecule has 122 valence electrons. The molecule has 5 nitrogen and oxygen atoms in total. The first-order chi connectivity index (χ1) is 10.0. The Morgan fingerprint density at radius 1 is 1.36 bits per heavy atom. The minimum absolute atomic E-state index is 0.117. The highest BCUT2D eigenvalue weighted by atomic mass is 32.2. The van der Waals surface area contributed by atoms with Crippen LogP contribution in [0, 0.1) is 13.8 Å². The molecule has 1 rings (SSSR count). The van der Waals surface area contributed by atoms with Gasteiger partial charge in [-0.3, -0.25) is 14.4 Å². The van der Waals surface area contributed by atoms with Crippen LogP contribution in [0.25, 0.3) is 0 Å². The Morgan fingerprint density at radius 3 is 2.41 bits per heavy atom. The molecule has 0 saturated carbocycles. The Balaban J connectivity index is 3.01. The summed E-state index contributed by atoms with van der Waals surface area (Å²) in [6.07, 6.45) is -5.71. The van der Waals surface area contributed by atoms with Crippen LogP contribution in [-0.2, 0) is 4.79 Å². The fourth-order valence-corrected chi connectivity index (χ4v) is 2.71. The number of rotatable bonds is 6. The smallest absolute Gasteiger partial charge is 0.401 e. The number of hydrogen-bond acceptors (Lipinski definition) is 4. The molecule has 0 aromatic carbocycles. The van der Waals surface area contributed by atoms with Crippen LogP contribution in [0.5, 0.6) is 0 Å². The second-order valence-corrected chi connectivity index (χ2v) is 5.89. The van der Waals surface area contributed by atoms with Gasteiger partial charge in [-0.25, -0.2) is 0 Å². The van der Waals surface area contributed by atoms with Gasteiger partial charge < -0.3 is 10.1 Å². The number of carboxylic acids is 1. The Labute approximate surface area is 127 Å². The van der Waals surface area contributed by atoms with Gasteiger partial charge in [-0.05, 0) is 25.5 Å². The molecule has 1 aromatic rings. The Hall–Kier alpha value is -1.77. The molecule has 0 radical (unpaired) electrons. The van der Waals surface area contributed by atoms with Crippen LogP contribution in [0.1, 0.15) is 28.0 Å². The molecular weight excluding hydrogens is 323 g/mol. The van der Waals surface area contributed by atoms with E-state index in [1.165, 1.54) is 13.0 Å². The number of halogens is 3. The summed E-state index contributed by atoms with van der Waals surface area (Å²) < 4.78 is 38.6. The maximum Gasteiger partial charge on any atom is 0.401 e. The Bertz CT molecular complexity index is 639. The summed E-state index contributed by atoms with van der Waals surface area (Å²) in [6, 6.07) is 1.49. The highest BCUT2D eigenvalue weighted by molar-refractivity contribution is 8.00. The normalized spacial score (nSPS) is 13.0. The first-order valence-electron chi connectivity index (χ1n) is 6.16. The predicted octanol–water partition coefficient (Wildman–Crippen LogP) is 2.31. The fraction of sp³-hybridized carbons (Fsp3) is 0.462. The first-order valence-corrected chi connectivity index (χ1v) is 7.21. The van der Waals surface area contributed by atoms with E-state index in [0.29, 0.717) is 5.69 Å². The maximum atomic E-state index is 12.9. The summed E-state index contributed by atoms with van der Waals surface area (Å²) in [5.41, 5.74) is -0.287. The highest BCUT2D eigenvalue weighted by Gasteiger charge is 2.42. The molecule has 0 bridgehead atoms. The molecule has 22 heavy (non-hydrogen) atoms. The van der Waals surface area contributed by atoms with Crippen LogP contribution in [-0.4, -0.2) is 39.0 Å². The summed E-state index contributed by atoms with van der Waals surface area (Å²) in [7, 11) is 0. The zero-order valence-corrected chi connectivity index (χ0v) is 12.6. The molecule has 9 heteroatoms. The minimum atomic E-state index is -4.73. The van der Waals surface area contributed by atoms with E-state index in [0.717, 1.165) is 0 Å². The van der Waals surface area contributed by atoms with Gasteiger partial charge in [-0.15, -0.1) is 11.8 Å². The van der Waals surface area contributed by atoms with Crippen molar-refractivity contribution in [2.24, 2.45) is 0 Å². The van der Waals surface area contributed by atoms with Crippen molar-refractivity contribution in [2.45, 2.75) is 31.7 Å². The van der Waals surface area contributed by atoms with Gasteiger partial charge in [0.1, 0.15) is 5.25 Å². The van der Waals surface area contributed by atoms with E-state index in [1.54, 1.807) is 6.92 Å².